The van der Waals surface area contributed by atoms with Gasteiger partial charge in [-0.2, -0.15) is 4.31 Å². The van der Waals surface area contributed by atoms with Crippen molar-refractivity contribution in [3.05, 3.63) is 52.5 Å². The van der Waals surface area contributed by atoms with E-state index in [0.29, 0.717) is 32.1 Å². The molecule has 1 aliphatic rings. The number of rotatable bonds is 11. The number of carbonyl (C=O) groups is 1. The van der Waals surface area contributed by atoms with E-state index in [0.717, 1.165) is 10.6 Å². The smallest absolute Gasteiger partial charge is 0.244 e. The molecule has 1 atom stereocenters. The van der Waals surface area contributed by atoms with Crippen LogP contribution in [-0.2, 0) is 29.6 Å². The summed E-state index contributed by atoms with van der Waals surface area (Å²) in [5.41, 5.74) is 0.224. The second kappa shape index (κ2) is 12.6. The molecule has 0 radical (unpaired) electrons. The first-order chi connectivity index (χ1) is 17.4. The van der Waals surface area contributed by atoms with Gasteiger partial charge in [-0.05, 0) is 48.9 Å². The van der Waals surface area contributed by atoms with Crippen LogP contribution in [0.5, 0.6) is 5.75 Å². The molecule has 204 valence electrons. The van der Waals surface area contributed by atoms with Gasteiger partial charge in [0, 0.05) is 13.1 Å². The summed E-state index contributed by atoms with van der Waals surface area (Å²) >= 11 is 12.0. The molecule has 3 rings (SSSR count). The van der Waals surface area contributed by atoms with Gasteiger partial charge in [0.2, 0.25) is 26.0 Å². The maximum Gasteiger partial charge on any atom is 0.244 e. The van der Waals surface area contributed by atoms with Crippen LogP contribution in [0.4, 0.5) is 5.69 Å². The van der Waals surface area contributed by atoms with Crippen LogP contribution in [0.15, 0.2) is 47.4 Å². The van der Waals surface area contributed by atoms with E-state index in [2.05, 4.69) is 5.32 Å². The average Bonchev–Trinajstić information content (AvgIpc) is 2.87. The SMILES string of the molecule is CC[C@@H](C(=O)NCCOc1ccc(S(=O)(=O)N2CCOCC2)cc1)N(c1ccc(Cl)c(Cl)c1)S(C)(=O)=O. The van der Waals surface area contributed by atoms with Gasteiger partial charge in [-0.3, -0.25) is 9.10 Å². The molecule has 10 nitrogen and oxygen atoms in total. The Balaban J connectivity index is 1.59. The number of amides is 1. The Morgan fingerprint density at radius 3 is 2.30 bits per heavy atom. The van der Waals surface area contributed by atoms with Crippen LogP contribution in [0.1, 0.15) is 13.3 Å². The van der Waals surface area contributed by atoms with Gasteiger partial charge in [0.1, 0.15) is 18.4 Å². The lowest BCUT2D eigenvalue weighted by atomic mass is 10.2. The molecule has 1 N–H and O–H groups in total. The largest absolute Gasteiger partial charge is 0.492 e. The number of nitrogens with zero attached hydrogens (tertiary/aromatic N) is 2. The summed E-state index contributed by atoms with van der Waals surface area (Å²) in [6.07, 6.45) is 1.22. The van der Waals surface area contributed by atoms with E-state index in [1.165, 1.54) is 34.6 Å². The van der Waals surface area contributed by atoms with Crippen LogP contribution >= 0.6 is 23.2 Å². The lowest BCUT2D eigenvalue weighted by Crippen LogP contribution is -2.50. The van der Waals surface area contributed by atoms with Crippen LogP contribution in [0.2, 0.25) is 10.0 Å². The molecule has 14 heteroatoms. The van der Waals surface area contributed by atoms with Crippen molar-refractivity contribution in [2.45, 2.75) is 24.3 Å². The third-order valence-electron chi connectivity index (χ3n) is 5.59. The molecular weight excluding hydrogens is 565 g/mol. The van der Waals surface area contributed by atoms with Gasteiger partial charge in [-0.1, -0.05) is 30.1 Å². The number of morpholine rings is 1. The van der Waals surface area contributed by atoms with E-state index in [-0.39, 0.29) is 40.2 Å². The summed E-state index contributed by atoms with van der Waals surface area (Å²) in [5.74, 6) is -0.0784. The fourth-order valence-corrected chi connectivity index (χ4v) is 6.69. The van der Waals surface area contributed by atoms with Gasteiger partial charge in [0.05, 0.1) is 46.6 Å². The van der Waals surface area contributed by atoms with Crippen LogP contribution in [0, 0.1) is 0 Å². The number of hydrogen-bond donors (Lipinski definition) is 1. The zero-order valence-corrected chi connectivity index (χ0v) is 23.5. The molecule has 1 saturated heterocycles. The van der Waals surface area contributed by atoms with E-state index < -0.39 is 32.0 Å². The van der Waals surface area contributed by atoms with Gasteiger partial charge >= 0.3 is 0 Å². The predicted octanol–water partition coefficient (Wildman–Crippen LogP) is 2.75. The highest BCUT2D eigenvalue weighted by Gasteiger charge is 2.31. The minimum atomic E-state index is -3.82. The Bertz CT molecular complexity index is 1300. The molecule has 0 aliphatic carbocycles. The number of nitrogens with one attached hydrogen (secondary N) is 1. The van der Waals surface area contributed by atoms with E-state index in [9.17, 15) is 21.6 Å². The highest BCUT2D eigenvalue weighted by atomic mass is 35.5. The lowest BCUT2D eigenvalue weighted by Gasteiger charge is -2.30. The van der Waals surface area contributed by atoms with Crippen LogP contribution in [-0.4, -0.2) is 78.8 Å². The van der Waals surface area contributed by atoms with Gasteiger partial charge in [0.15, 0.2) is 0 Å². The van der Waals surface area contributed by atoms with Gasteiger partial charge in [-0.25, -0.2) is 16.8 Å². The van der Waals surface area contributed by atoms with Crippen molar-refractivity contribution < 1.29 is 31.1 Å². The molecule has 0 saturated carbocycles. The van der Waals surface area contributed by atoms with Gasteiger partial charge in [-0.15, -0.1) is 0 Å². The minimum absolute atomic E-state index is 0.0867. The molecule has 2 aromatic rings. The van der Waals surface area contributed by atoms with Gasteiger partial charge in [0.25, 0.3) is 0 Å². The number of ether oxygens (including phenoxy) is 2. The number of anilines is 1. The Hall–Kier alpha value is -2.09. The number of halogens is 2. The minimum Gasteiger partial charge on any atom is -0.492 e. The second-order valence-corrected chi connectivity index (χ2v) is 12.8. The summed E-state index contributed by atoms with van der Waals surface area (Å²) in [5, 5.41) is 3.12. The molecule has 0 spiro atoms. The molecule has 1 heterocycles. The van der Waals surface area contributed by atoms with Crippen LogP contribution in [0.3, 0.4) is 0 Å². The molecule has 0 unspecified atom stereocenters. The van der Waals surface area contributed by atoms with Crippen molar-refractivity contribution in [2.75, 3.05) is 50.0 Å². The monoisotopic (exact) mass is 593 g/mol. The Morgan fingerprint density at radius 1 is 1.08 bits per heavy atom. The normalized spacial score (nSPS) is 15.7. The number of benzene rings is 2. The Morgan fingerprint density at radius 2 is 1.73 bits per heavy atom. The summed E-state index contributed by atoms with van der Waals surface area (Å²) < 4.78 is 63.7. The third kappa shape index (κ3) is 7.49. The fourth-order valence-electron chi connectivity index (χ4n) is 3.79. The van der Waals surface area contributed by atoms with Crippen molar-refractivity contribution in [3.63, 3.8) is 0 Å². The third-order valence-corrected chi connectivity index (χ3v) is 9.42. The fraction of sp³-hybridized carbons (Fsp3) is 0.435. The molecule has 37 heavy (non-hydrogen) atoms. The standard InChI is InChI=1S/C23H29Cl2N3O7S2/c1-3-22(28(36(2,30)31)17-4-9-20(24)21(25)16-17)23(29)26-10-13-35-18-5-7-19(8-6-18)37(32,33)27-11-14-34-15-12-27/h4-9,16,22H,3,10-15H2,1-2H3,(H,26,29)/t22-/m0/s1. The molecular formula is C23H29Cl2N3O7S2. The van der Waals surface area contributed by atoms with Crippen molar-refractivity contribution in [2.24, 2.45) is 0 Å². The first-order valence-electron chi connectivity index (χ1n) is 11.5. The van der Waals surface area contributed by atoms with Crippen molar-refractivity contribution in [3.8, 4) is 5.75 Å². The average molecular weight is 595 g/mol. The summed E-state index contributed by atoms with van der Waals surface area (Å²) in [6.45, 7) is 3.22. The van der Waals surface area contributed by atoms with E-state index in [1.807, 2.05) is 0 Å². The second-order valence-electron chi connectivity index (χ2n) is 8.21. The molecule has 1 amide bonds. The van der Waals surface area contributed by atoms with Gasteiger partial charge < -0.3 is 14.8 Å². The topological polar surface area (TPSA) is 122 Å². The van der Waals surface area contributed by atoms with E-state index in [1.54, 1.807) is 19.1 Å². The lowest BCUT2D eigenvalue weighted by molar-refractivity contribution is -0.122. The van der Waals surface area contributed by atoms with Crippen molar-refractivity contribution in [1.29, 1.82) is 0 Å². The van der Waals surface area contributed by atoms with Crippen LogP contribution < -0.4 is 14.4 Å². The van der Waals surface area contributed by atoms with Crippen molar-refractivity contribution in [1.82, 2.24) is 9.62 Å². The van der Waals surface area contributed by atoms with E-state index >= 15 is 0 Å². The number of sulfonamides is 2. The number of hydrogen-bond acceptors (Lipinski definition) is 7. The molecule has 0 aromatic heterocycles. The van der Waals surface area contributed by atoms with E-state index in [4.69, 9.17) is 32.7 Å². The highest BCUT2D eigenvalue weighted by molar-refractivity contribution is 7.92. The summed E-state index contributed by atoms with van der Waals surface area (Å²) in [7, 11) is -7.43. The summed E-state index contributed by atoms with van der Waals surface area (Å²) in [4.78, 5) is 13.0. The zero-order valence-electron chi connectivity index (χ0n) is 20.4. The molecule has 1 aliphatic heterocycles. The molecule has 2 aromatic carbocycles. The Kier molecular flexibility index (Phi) is 10.1. The predicted molar refractivity (Wildman–Crippen MR) is 142 cm³/mol. The maximum absolute atomic E-state index is 12.9. The van der Waals surface area contributed by atoms with Crippen LogP contribution in [0.25, 0.3) is 0 Å². The highest BCUT2D eigenvalue weighted by Crippen LogP contribution is 2.30. The number of carbonyl (C=O) groups excluding carboxylic acids is 1. The summed E-state index contributed by atoms with van der Waals surface area (Å²) in [6, 6.07) is 9.34. The first-order valence-corrected chi connectivity index (χ1v) is 15.5. The maximum atomic E-state index is 12.9. The molecule has 0 bridgehead atoms. The quantitative estimate of drug-likeness (QED) is 0.397. The van der Waals surface area contributed by atoms with Crippen molar-refractivity contribution >= 4 is 54.8 Å². The molecule has 1 fully saturated rings. The zero-order chi connectivity index (χ0) is 27.2. The Labute approximate surface area is 227 Å². The first kappa shape index (κ1) is 29.5.